The summed E-state index contributed by atoms with van der Waals surface area (Å²) in [5, 5.41) is 9.78. The van der Waals surface area contributed by atoms with Crippen molar-refractivity contribution >= 4 is 23.4 Å². The smallest absolute Gasteiger partial charge is 0.0860 e. The quantitative estimate of drug-likeness (QED) is 0.870. The lowest BCUT2D eigenvalue weighted by atomic mass is 10.2. The monoisotopic (exact) mass is 301 g/mol. The lowest BCUT2D eigenvalue weighted by molar-refractivity contribution is 0.499. The highest BCUT2D eigenvalue weighted by molar-refractivity contribution is 7.99. The SMILES string of the molecule is CCSC1CCC(NCc2c(Cl)c(C)nn2CC)C1. The molecule has 0 spiro atoms. The van der Waals surface area contributed by atoms with E-state index in [1.165, 1.54) is 25.0 Å². The van der Waals surface area contributed by atoms with Crippen molar-refractivity contribution in [2.45, 2.75) is 64.4 Å². The van der Waals surface area contributed by atoms with Crippen molar-refractivity contribution in [2.75, 3.05) is 5.75 Å². The number of rotatable bonds is 6. The molecule has 1 aliphatic rings. The summed E-state index contributed by atoms with van der Waals surface area (Å²) in [5.41, 5.74) is 2.07. The van der Waals surface area contributed by atoms with Gasteiger partial charge in [0, 0.05) is 24.4 Å². The van der Waals surface area contributed by atoms with Crippen LogP contribution in [0, 0.1) is 6.92 Å². The average Bonchev–Trinajstić information content (AvgIpc) is 2.94. The molecule has 1 aromatic rings. The van der Waals surface area contributed by atoms with Gasteiger partial charge in [-0.1, -0.05) is 18.5 Å². The number of thioether (sulfide) groups is 1. The highest BCUT2D eigenvalue weighted by atomic mass is 35.5. The Morgan fingerprint density at radius 1 is 1.42 bits per heavy atom. The summed E-state index contributed by atoms with van der Waals surface area (Å²) in [6.07, 6.45) is 3.92. The van der Waals surface area contributed by atoms with Gasteiger partial charge < -0.3 is 5.32 Å². The highest BCUT2D eigenvalue weighted by Crippen LogP contribution is 2.30. The molecule has 1 heterocycles. The summed E-state index contributed by atoms with van der Waals surface area (Å²) in [6.45, 7) is 8.04. The Balaban J connectivity index is 1.89. The van der Waals surface area contributed by atoms with Crippen LogP contribution in [0.1, 0.15) is 44.5 Å². The maximum Gasteiger partial charge on any atom is 0.0860 e. The van der Waals surface area contributed by atoms with Gasteiger partial charge in [0.2, 0.25) is 0 Å². The molecule has 1 fully saturated rings. The molecule has 0 saturated heterocycles. The van der Waals surface area contributed by atoms with Gasteiger partial charge in [0.25, 0.3) is 0 Å². The lowest BCUT2D eigenvalue weighted by Gasteiger charge is -2.14. The first-order valence-corrected chi connectivity index (χ1v) is 8.65. The van der Waals surface area contributed by atoms with Crippen LogP contribution in [-0.4, -0.2) is 26.8 Å². The molecule has 19 heavy (non-hydrogen) atoms. The van der Waals surface area contributed by atoms with Gasteiger partial charge in [0.1, 0.15) is 0 Å². The molecule has 3 nitrogen and oxygen atoms in total. The number of halogens is 1. The Morgan fingerprint density at radius 3 is 2.89 bits per heavy atom. The number of hydrogen-bond acceptors (Lipinski definition) is 3. The standard InChI is InChI=1S/C14H24ClN3S/c1-4-18-13(14(15)10(3)17-18)9-16-11-6-7-12(8-11)19-5-2/h11-12,16H,4-9H2,1-3H3. The number of hydrogen-bond donors (Lipinski definition) is 1. The maximum absolute atomic E-state index is 6.33. The summed E-state index contributed by atoms with van der Waals surface area (Å²) < 4.78 is 2.01. The van der Waals surface area contributed by atoms with E-state index in [1.54, 1.807) is 0 Å². The van der Waals surface area contributed by atoms with E-state index in [-0.39, 0.29) is 0 Å². The van der Waals surface area contributed by atoms with Crippen molar-refractivity contribution in [1.82, 2.24) is 15.1 Å². The molecule has 2 rings (SSSR count). The second kappa shape index (κ2) is 7.00. The van der Waals surface area contributed by atoms with Crippen LogP contribution < -0.4 is 5.32 Å². The second-order valence-corrected chi connectivity index (χ2v) is 7.09. The summed E-state index contributed by atoms with van der Waals surface area (Å²) in [6, 6.07) is 0.639. The average molecular weight is 302 g/mol. The minimum atomic E-state index is 0.639. The van der Waals surface area contributed by atoms with Gasteiger partial charge in [-0.15, -0.1) is 0 Å². The highest BCUT2D eigenvalue weighted by Gasteiger charge is 2.24. The normalized spacial score (nSPS) is 23.2. The lowest BCUT2D eigenvalue weighted by Crippen LogP contribution is -2.27. The summed E-state index contributed by atoms with van der Waals surface area (Å²) in [5.74, 6) is 1.23. The Kier molecular flexibility index (Phi) is 5.60. The van der Waals surface area contributed by atoms with Gasteiger partial charge in [-0.05, 0) is 38.9 Å². The molecule has 0 bridgehead atoms. The predicted octanol–water partition coefficient (Wildman–Crippen LogP) is 3.63. The third-order valence-corrected chi connectivity index (χ3v) is 5.52. The zero-order valence-corrected chi connectivity index (χ0v) is 13.7. The molecular formula is C14H24ClN3S. The molecule has 0 aromatic carbocycles. The minimum absolute atomic E-state index is 0.639. The van der Waals surface area contributed by atoms with E-state index >= 15 is 0 Å². The van der Waals surface area contributed by atoms with E-state index < -0.39 is 0 Å². The molecular weight excluding hydrogens is 278 g/mol. The Labute approximate surface area is 125 Å². The Bertz CT molecular complexity index is 419. The molecule has 2 atom stereocenters. The zero-order valence-electron chi connectivity index (χ0n) is 12.1. The predicted molar refractivity (Wildman–Crippen MR) is 84.0 cm³/mol. The van der Waals surface area contributed by atoms with Crippen LogP contribution in [0.15, 0.2) is 0 Å². The largest absolute Gasteiger partial charge is 0.308 e. The van der Waals surface area contributed by atoms with Crippen LogP contribution in [0.25, 0.3) is 0 Å². The maximum atomic E-state index is 6.33. The van der Waals surface area contributed by atoms with E-state index in [0.717, 1.165) is 34.7 Å². The first kappa shape index (κ1) is 15.2. The van der Waals surface area contributed by atoms with Gasteiger partial charge in [-0.2, -0.15) is 16.9 Å². The van der Waals surface area contributed by atoms with E-state index in [2.05, 4.69) is 36.0 Å². The molecule has 1 N–H and O–H groups in total. The molecule has 0 amide bonds. The first-order valence-electron chi connectivity index (χ1n) is 7.22. The first-order chi connectivity index (χ1) is 9.15. The van der Waals surface area contributed by atoms with Crippen LogP contribution in [-0.2, 0) is 13.1 Å². The molecule has 1 aromatic heterocycles. The van der Waals surface area contributed by atoms with E-state index in [4.69, 9.17) is 11.6 Å². The van der Waals surface area contributed by atoms with Gasteiger partial charge >= 0.3 is 0 Å². The molecule has 1 saturated carbocycles. The molecule has 0 aliphatic heterocycles. The van der Waals surface area contributed by atoms with Crippen molar-refractivity contribution in [1.29, 1.82) is 0 Å². The molecule has 108 valence electrons. The Hall–Kier alpha value is -0.190. The minimum Gasteiger partial charge on any atom is -0.308 e. The number of aromatic nitrogens is 2. The number of aryl methyl sites for hydroxylation is 2. The van der Waals surface area contributed by atoms with E-state index in [0.29, 0.717) is 6.04 Å². The molecule has 0 radical (unpaired) electrons. The summed E-state index contributed by atoms with van der Waals surface area (Å²) >= 11 is 8.42. The van der Waals surface area contributed by atoms with Crippen LogP contribution in [0.4, 0.5) is 0 Å². The second-order valence-electron chi connectivity index (χ2n) is 5.13. The van der Waals surface area contributed by atoms with Crippen molar-refractivity contribution < 1.29 is 0 Å². The fourth-order valence-corrected chi connectivity index (χ4v) is 4.14. The number of nitrogens with one attached hydrogen (secondary N) is 1. The number of nitrogens with zero attached hydrogens (tertiary/aromatic N) is 2. The molecule has 5 heteroatoms. The van der Waals surface area contributed by atoms with Crippen LogP contribution in [0.3, 0.4) is 0 Å². The molecule has 1 aliphatic carbocycles. The Morgan fingerprint density at radius 2 is 2.21 bits per heavy atom. The third-order valence-electron chi connectivity index (χ3n) is 3.80. The summed E-state index contributed by atoms with van der Waals surface area (Å²) in [4.78, 5) is 0. The zero-order chi connectivity index (χ0) is 13.8. The fraction of sp³-hybridized carbons (Fsp3) is 0.786. The van der Waals surface area contributed by atoms with E-state index in [1.807, 2.05) is 11.6 Å². The molecule has 2 unspecified atom stereocenters. The van der Waals surface area contributed by atoms with Gasteiger partial charge in [0.15, 0.2) is 0 Å². The van der Waals surface area contributed by atoms with Crippen LogP contribution >= 0.6 is 23.4 Å². The van der Waals surface area contributed by atoms with Crippen LogP contribution in [0.5, 0.6) is 0 Å². The van der Waals surface area contributed by atoms with Gasteiger partial charge in [-0.3, -0.25) is 4.68 Å². The van der Waals surface area contributed by atoms with Gasteiger partial charge in [-0.25, -0.2) is 0 Å². The van der Waals surface area contributed by atoms with Crippen molar-refractivity contribution in [3.8, 4) is 0 Å². The van der Waals surface area contributed by atoms with Crippen molar-refractivity contribution in [2.24, 2.45) is 0 Å². The fourth-order valence-electron chi connectivity index (χ4n) is 2.79. The van der Waals surface area contributed by atoms with Gasteiger partial charge in [0.05, 0.1) is 16.4 Å². The summed E-state index contributed by atoms with van der Waals surface area (Å²) in [7, 11) is 0. The van der Waals surface area contributed by atoms with E-state index in [9.17, 15) is 0 Å². The van der Waals surface area contributed by atoms with Crippen molar-refractivity contribution in [3.63, 3.8) is 0 Å². The third kappa shape index (κ3) is 3.67. The van der Waals surface area contributed by atoms with Crippen molar-refractivity contribution in [3.05, 3.63) is 16.4 Å². The van der Waals surface area contributed by atoms with Crippen LogP contribution in [0.2, 0.25) is 5.02 Å². The topological polar surface area (TPSA) is 29.9 Å².